The maximum absolute atomic E-state index is 13.6. The molecule has 0 aliphatic heterocycles. The highest BCUT2D eigenvalue weighted by Crippen LogP contribution is 2.37. The van der Waals surface area contributed by atoms with Crippen molar-refractivity contribution in [2.75, 3.05) is 38.3 Å². The minimum absolute atomic E-state index is 0.126. The lowest BCUT2D eigenvalue weighted by atomic mass is 10.1. The summed E-state index contributed by atoms with van der Waals surface area (Å²) in [4.78, 5) is 21.0. The van der Waals surface area contributed by atoms with Gasteiger partial charge in [-0.3, -0.25) is 13.9 Å². The zero-order valence-electron chi connectivity index (χ0n) is 20.4. The van der Waals surface area contributed by atoms with Crippen LogP contribution in [0.5, 0.6) is 0 Å². The molecule has 10 nitrogen and oxygen atoms in total. The molecule has 1 aromatic carbocycles. The normalized spacial score (nSPS) is 11.7. The molecule has 0 atom stereocenters. The molecule has 0 aliphatic carbocycles. The summed E-state index contributed by atoms with van der Waals surface area (Å²) in [5, 5.41) is 9.40. The average Bonchev–Trinajstić information content (AvgIpc) is 3.49. The van der Waals surface area contributed by atoms with E-state index in [0.717, 1.165) is 10.9 Å². The van der Waals surface area contributed by atoms with Gasteiger partial charge < -0.3 is 21.1 Å². The van der Waals surface area contributed by atoms with Gasteiger partial charge in [0.25, 0.3) is 5.91 Å². The van der Waals surface area contributed by atoms with Crippen LogP contribution < -0.4 is 16.4 Å². The summed E-state index contributed by atoms with van der Waals surface area (Å²) in [6.07, 6.45) is 0.589. The fourth-order valence-electron chi connectivity index (χ4n) is 3.88. The van der Waals surface area contributed by atoms with Crippen LogP contribution in [0.2, 0.25) is 0 Å². The lowest BCUT2D eigenvalue weighted by Crippen LogP contribution is -2.28. The molecule has 0 spiro atoms. The van der Waals surface area contributed by atoms with Crippen molar-refractivity contribution < 1.29 is 27.1 Å². The highest BCUT2D eigenvalue weighted by atomic mass is 19.4. The van der Waals surface area contributed by atoms with Gasteiger partial charge in [-0.05, 0) is 30.7 Å². The number of anilines is 2. The highest BCUT2D eigenvalue weighted by molar-refractivity contribution is 5.96. The van der Waals surface area contributed by atoms with Crippen molar-refractivity contribution >= 4 is 23.1 Å². The first-order chi connectivity index (χ1) is 18.2. The van der Waals surface area contributed by atoms with Crippen LogP contribution in [0.3, 0.4) is 0 Å². The molecule has 202 valence electrons. The quantitative estimate of drug-likeness (QED) is 0.199. The van der Waals surface area contributed by atoms with Gasteiger partial charge in [-0.15, -0.1) is 0 Å². The number of amides is 1. The Hall–Kier alpha value is -4.04. The molecule has 0 saturated heterocycles. The van der Waals surface area contributed by atoms with E-state index < -0.39 is 18.5 Å². The van der Waals surface area contributed by atoms with Crippen molar-refractivity contribution in [3.8, 4) is 11.3 Å². The molecule has 0 bridgehead atoms. The van der Waals surface area contributed by atoms with Crippen LogP contribution in [-0.4, -0.2) is 63.0 Å². The van der Waals surface area contributed by atoms with E-state index >= 15 is 0 Å². The molecule has 0 radical (unpaired) electrons. The minimum Gasteiger partial charge on any atom is -0.378 e. The zero-order valence-corrected chi connectivity index (χ0v) is 20.4. The number of aryl methyl sites for hydroxylation is 2. The van der Waals surface area contributed by atoms with Crippen molar-refractivity contribution in [1.29, 1.82) is 0 Å². The van der Waals surface area contributed by atoms with Crippen molar-refractivity contribution in [2.24, 2.45) is 5.73 Å². The number of hydrogen-bond acceptors (Lipinski definition) is 7. The summed E-state index contributed by atoms with van der Waals surface area (Å²) in [5.41, 5.74) is 6.17. The van der Waals surface area contributed by atoms with Crippen molar-refractivity contribution in [3.05, 3.63) is 59.8 Å². The molecule has 3 aromatic heterocycles. The number of hydrogen-bond donors (Lipinski definition) is 3. The Balaban J connectivity index is 1.57. The number of aromatic nitrogens is 5. The lowest BCUT2D eigenvalue weighted by molar-refractivity contribution is -0.141. The van der Waals surface area contributed by atoms with Crippen LogP contribution in [-0.2, 0) is 17.5 Å². The van der Waals surface area contributed by atoms with E-state index in [-0.39, 0.29) is 35.2 Å². The van der Waals surface area contributed by atoms with Gasteiger partial charge in [0, 0.05) is 42.9 Å². The van der Waals surface area contributed by atoms with Gasteiger partial charge >= 0.3 is 6.18 Å². The lowest BCUT2D eigenvalue weighted by Gasteiger charge is -2.12. The van der Waals surface area contributed by atoms with Crippen LogP contribution in [0.15, 0.2) is 43.0 Å². The van der Waals surface area contributed by atoms with E-state index in [2.05, 4.69) is 25.7 Å². The highest BCUT2D eigenvalue weighted by Gasteiger charge is 2.38. The Morgan fingerprint density at radius 3 is 2.74 bits per heavy atom. The number of halogens is 4. The Morgan fingerprint density at radius 2 is 2.03 bits per heavy atom. The first-order valence-corrected chi connectivity index (χ1v) is 11.7. The van der Waals surface area contributed by atoms with E-state index in [1.54, 1.807) is 25.1 Å². The molecule has 4 rings (SSSR count). The molecule has 1 amide bonds. The second kappa shape index (κ2) is 11.6. The van der Waals surface area contributed by atoms with Gasteiger partial charge in [0.1, 0.15) is 6.67 Å². The van der Waals surface area contributed by atoms with E-state index in [1.807, 2.05) is 0 Å². The fraction of sp³-hybridized carbons (Fsp3) is 0.333. The van der Waals surface area contributed by atoms with E-state index in [1.165, 1.54) is 23.0 Å². The molecular weight excluding hydrogens is 508 g/mol. The minimum atomic E-state index is -4.74. The van der Waals surface area contributed by atoms with Crippen LogP contribution in [0.25, 0.3) is 16.9 Å². The summed E-state index contributed by atoms with van der Waals surface area (Å²) in [6.45, 7) is 2.14. The number of nitrogens with zero attached hydrogens (tertiary/aromatic N) is 5. The SMILES string of the molecule is Cc1cc(Nc2nccn3c(-c4cn(CCF)nc4C(F)(F)F)cnc23)ccc1C(=O)NCCOCCN. The molecule has 4 aromatic rings. The van der Waals surface area contributed by atoms with Crippen molar-refractivity contribution in [3.63, 3.8) is 0 Å². The summed E-state index contributed by atoms with van der Waals surface area (Å²) >= 11 is 0. The van der Waals surface area contributed by atoms with Gasteiger partial charge in [0.15, 0.2) is 17.2 Å². The van der Waals surface area contributed by atoms with Crippen LogP contribution in [0.4, 0.5) is 29.1 Å². The molecule has 0 fully saturated rings. The first-order valence-electron chi connectivity index (χ1n) is 11.7. The Bertz CT molecular complexity index is 1420. The number of imidazole rings is 1. The molecule has 0 unspecified atom stereocenters. The summed E-state index contributed by atoms with van der Waals surface area (Å²) < 4.78 is 61.3. The number of nitrogens with two attached hydrogens (primary N) is 1. The fourth-order valence-corrected chi connectivity index (χ4v) is 3.88. The molecule has 14 heteroatoms. The third-order valence-corrected chi connectivity index (χ3v) is 5.58. The zero-order chi connectivity index (χ0) is 27.3. The summed E-state index contributed by atoms with van der Waals surface area (Å²) in [7, 11) is 0. The van der Waals surface area contributed by atoms with E-state index in [9.17, 15) is 22.4 Å². The van der Waals surface area contributed by atoms with Gasteiger partial charge in [-0.25, -0.2) is 14.4 Å². The topological polar surface area (TPSA) is 124 Å². The second-order valence-corrected chi connectivity index (χ2v) is 8.27. The van der Waals surface area contributed by atoms with Gasteiger partial charge in [0.2, 0.25) is 0 Å². The Labute approximate surface area is 214 Å². The van der Waals surface area contributed by atoms with E-state index in [4.69, 9.17) is 10.5 Å². The third-order valence-electron chi connectivity index (χ3n) is 5.58. The molecule has 0 saturated carbocycles. The Kier molecular flexibility index (Phi) is 8.22. The molecule has 0 aliphatic rings. The average molecular weight is 535 g/mol. The van der Waals surface area contributed by atoms with Crippen LogP contribution in [0.1, 0.15) is 21.6 Å². The van der Waals surface area contributed by atoms with Crippen molar-refractivity contribution in [2.45, 2.75) is 19.6 Å². The van der Waals surface area contributed by atoms with Crippen LogP contribution in [0, 0.1) is 6.92 Å². The largest absolute Gasteiger partial charge is 0.435 e. The standard InChI is InChI=1S/C24H26F4N8O2/c1-15-12-16(2-3-17(15)23(37)31-7-11-38-10-5-29)33-21-22-32-13-19(36(22)9-6-30-21)18-14-35(8-4-25)34-20(18)24(26,27)28/h2-3,6,9,12-14H,4-5,7-8,10-11,29H2,1H3,(H,30,33)(H,31,37). The third kappa shape index (κ3) is 5.92. The number of alkyl halides is 4. The van der Waals surface area contributed by atoms with Crippen molar-refractivity contribution in [1.82, 2.24) is 29.5 Å². The molecule has 3 heterocycles. The maximum atomic E-state index is 13.6. The monoisotopic (exact) mass is 534 g/mol. The summed E-state index contributed by atoms with van der Waals surface area (Å²) in [5.74, 6) is 0.0365. The number of benzene rings is 1. The number of fused-ring (bicyclic) bond motifs is 1. The predicted octanol–water partition coefficient (Wildman–Crippen LogP) is 3.34. The maximum Gasteiger partial charge on any atom is 0.435 e. The molecule has 38 heavy (non-hydrogen) atoms. The number of carbonyl (C=O) groups is 1. The van der Waals surface area contributed by atoms with Gasteiger partial charge in [-0.2, -0.15) is 18.3 Å². The molecule has 4 N–H and O–H groups in total. The smallest absolute Gasteiger partial charge is 0.378 e. The first kappa shape index (κ1) is 27.0. The van der Waals surface area contributed by atoms with Gasteiger partial charge in [0.05, 0.1) is 37.2 Å². The number of nitrogens with one attached hydrogen (secondary N) is 2. The molecular formula is C24H26F4N8O2. The number of rotatable bonds is 11. The number of carbonyl (C=O) groups excluding carboxylic acids is 1. The van der Waals surface area contributed by atoms with Crippen LogP contribution >= 0.6 is 0 Å². The second-order valence-electron chi connectivity index (χ2n) is 8.27. The van der Waals surface area contributed by atoms with E-state index in [0.29, 0.717) is 43.1 Å². The number of ether oxygens (including phenoxy) is 1. The Morgan fingerprint density at radius 1 is 1.21 bits per heavy atom. The van der Waals surface area contributed by atoms with Gasteiger partial charge in [-0.1, -0.05) is 0 Å². The summed E-state index contributed by atoms with van der Waals surface area (Å²) in [6, 6.07) is 5.09. The predicted molar refractivity (Wildman–Crippen MR) is 132 cm³/mol.